The number of para-hydroxylation sites is 2. The van der Waals surface area contributed by atoms with Gasteiger partial charge in [-0.25, -0.2) is 0 Å². The number of hydrogen-bond acceptors (Lipinski definition) is 4. The first-order valence-electron chi connectivity index (χ1n) is 9.31. The number of rotatable bonds is 2. The number of nitrogens with zero attached hydrogens (tertiary/aromatic N) is 2. The average molecular weight is 385 g/mol. The van der Waals surface area contributed by atoms with Gasteiger partial charge in [0, 0.05) is 24.0 Å². The van der Waals surface area contributed by atoms with Crippen molar-refractivity contribution in [2.45, 2.75) is 5.66 Å². The molecule has 3 aromatic carbocycles. The van der Waals surface area contributed by atoms with Gasteiger partial charge in [-0.1, -0.05) is 30.3 Å². The number of likely N-dealkylation sites (N-methyl/N-ethyl adjacent to an activating group) is 1. The molecule has 0 radical (unpaired) electrons. The van der Waals surface area contributed by atoms with Gasteiger partial charge in [0.1, 0.15) is 5.75 Å². The van der Waals surface area contributed by atoms with Gasteiger partial charge in [-0.15, -0.1) is 0 Å². The minimum atomic E-state index is -1.32. The van der Waals surface area contributed by atoms with Crippen molar-refractivity contribution in [2.24, 2.45) is 0 Å². The molecule has 144 valence electrons. The van der Waals surface area contributed by atoms with E-state index in [1.165, 1.54) is 0 Å². The van der Waals surface area contributed by atoms with Crippen LogP contribution in [-0.2, 0) is 10.5 Å². The normalized spacial score (nSPS) is 19.8. The van der Waals surface area contributed by atoms with E-state index in [-0.39, 0.29) is 11.8 Å². The van der Waals surface area contributed by atoms with Crippen molar-refractivity contribution in [3.05, 3.63) is 83.9 Å². The zero-order valence-electron chi connectivity index (χ0n) is 16.0. The molecular formula is C23H19N3O3. The predicted octanol–water partition coefficient (Wildman–Crippen LogP) is 3.60. The summed E-state index contributed by atoms with van der Waals surface area (Å²) in [5, 5.41) is 2.96. The molecule has 0 aromatic heterocycles. The van der Waals surface area contributed by atoms with Gasteiger partial charge in [0.15, 0.2) is 0 Å². The number of benzene rings is 3. The Bertz CT molecular complexity index is 1140. The van der Waals surface area contributed by atoms with E-state index < -0.39 is 5.66 Å². The number of anilines is 3. The summed E-state index contributed by atoms with van der Waals surface area (Å²) < 4.78 is 5.26. The van der Waals surface area contributed by atoms with E-state index in [1.54, 1.807) is 42.3 Å². The highest BCUT2D eigenvalue weighted by Gasteiger charge is 2.60. The van der Waals surface area contributed by atoms with Crippen LogP contribution >= 0.6 is 0 Å². The largest absolute Gasteiger partial charge is 0.497 e. The van der Waals surface area contributed by atoms with Crippen molar-refractivity contribution in [2.75, 3.05) is 29.3 Å². The molecule has 0 fully saturated rings. The van der Waals surface area contributed by atoms with Gasteiger partial charge >= 0.3 is 0 Å². The van der Waals surface area contributed by atoms with E-state index in [0.29, 0.717) is 28.4 Å². The number of nitrogens with one attached hydrogen (secondary N) is 1. The monoisotopic (exact) mass is 385 g/mol. The minimum Gasteiger partial charge on any atom is -0.497 e. The lowest BCUT2D eigenvalue weighted by Gasteiger charge is -2.50. The predicted molar refractivity (Wildman–Crippen MR) is 111 cm³/mol. The Morgan fingerprint density at radius 1 is 0.897 bits per heavy atom. The molecule has 5 rings (SSSR count). The van der Waals surface area contributed by atoms with Gasteiger partial charge < -0.3 is 15.0 Å². The van der Waals surface area contributed by atoms with Crippen LogP contribution in [0.2, 0.25) is 0 Å². The smallest absolute Gasteiger partial charge is 0.276 e. The molecule has 2 heterocycles. The lowest BCUT2D eigenvalue weighted by Crippen LogP contribution is -2.66. The Labute approximate surface area is 168 Å². The number of methoxy groups -OCH3 is 1. The molecule has 2 aliphatic heterocycles. The van der Waals surface area contributed by atoms with E-state index in [9.17, 15) is 9.59 Å². The fourth-order valence-corrected chi connectivity index (χ4v) is 4.36. The van der Waals surface area contributed by atoms with Gasteiger partial charge in [0.05, 0.1) is 18.4 Å². The maximum atomic E-state index is 13.7. The molecule has 1 atom stereocenters. The zero-order chi connectivity index (χ0) is 20.2. The molecule has 2 aliphatic rings. The molecule has 29 heavy (non-hydrogen) atoms. The van der Waals surface area contributed by atoms with E-state index in [4.69, 9.17) is 4.74 Å². The molecule has 1 spiro atoms. The van der Waals surface area contributed by atoms with Gasteiger partial charge in [0.25, 0.3) is 11.8 Å². The summed E-state index contributed by atoms with van der Waals surface area (Å²) in [5.41, 5.74) is 2.00. The third-order valence-corrected chi connectivity index (χ3v) is 5.71. The van der Waals surface area contributed by atoms with Gasteiger partial charge in [-0.3, -0.25) is 14.5 Å². The highest BCUT2D eigenvalue weighted by Crippen LogP contribution is 2.50. The molecule has 0 bridgehead atoms. The number of fused-ring (bicyclic) bond motifs is 3. The zero-order valence-corrected chi connectivity index (χ0v) is 16.0. The van der Waals surface area contributed by atoms with Gasteiger partial charge in [-0.05, 0) is 42.5 Å². The van der Waals surface area contributed by atoms with Crippen molar-refractivity contribution in [3.63, 3.8) is 0 Å². The molecule has 0 unspecified atom stereocenters. The number of carbonyl (C=O) groups is 2. The standard InChI is InChI=1S/C23H19N3O3/c1-25-20-10-6-3-7-17(20)21(27)26(15-11-13-16(29-2)14-12-15)23(25)18-8-4-5-9-19(18)24-22(23)28/h3-14H,1-2H3,(H,24,28)/t23-/m1/s1. The second kappa shape index (κ2) is 6.10. The summed E-state index contributed by atoms with van der Waals surface area (Å²) in [6.07, 6.45) is 0. The first-order chi connectivity index (χ1) is 14.1. The van der Waals surface area contributed by atoms with Crippen molar-refractivity contribution in [1.29, 1.82) is 0 Å². The molecule has 3 aromatic rings. The van der Waals surface area contributed by atoms with Crippen LogP contribution in [0.4, 0.5) is 17.1 Å². The third kappa shape index (κ3) is 2.17. The van der Waals surface area contributed by atoms with Crippen LogP contribution in [0.15, 0.2) is 72.8 Å². The molecular weight excluding hydrogens is 366 g/mol. The number of amides is 2. The van der Waals surface area contributed by atoms with Crippen LogP contribution in [0.3, 0.4) is 0 Å². The Kier molecular flexibility index (Phi) is 3.64. The van der Waals surface area contributed by atoms with Gasteiger partial charge in [0.2, 0.25) is 5.66 Å². The maximum Gasteiger partial charge on any atom is 0.276 e. The van der Waals surface area contributed by atoms with E-state index in [0.717, 1.165) is 5.56 Å². The Morgan fingerprint density at radius 3 is 2.34 bits per heavy atom. The van der Waals surface area contributed by atoms with Crippen LogP contribution in [0, 0.1) is 0 Å². The number of carbonyl (C=O) groups excluding carboxylic acids is 2. The molecule has 2 amide bonds. The summed E-state index contributed by atoms with van der Waals surface area (Å²) in [7, 11) is 3.44. The topological polar surface area (TPSA) is 61.9 Å². The van der Waals surface area contributed by atoms with Crippen LogP contribution in [0.25, 0.3) is 0 Å². The third-order valence-electron chi connectivity index (χ3n) is 5.71. The molecule has 1 N–H and O–H groups in total. The average Bonchev–Trinajstić information content (AvgIpc) is 3.05. The lowest BCUT2D eigenvalue weighted by molar-refractivity contribution is -0.120. The highest BCUT2D eigenvalue weighted by molar-refractivity contribution is 6.22. The number of ether oxygens (including phenoxy) is 1. The van der Waals surface area contributed by atoms with Crippen LogP contribution in [0.5, 0.6) is 5.75 Å². The SMILES string of the molecule is COc1ccc(N2C(=O)c3ccccc3N(C)[C@@]23C(=O)Nc2ccccc23)cc1. The van der Waals surface area contributed by atoms with Crippen LogP contribution in [-0.4, -0.2) is 26.0 Å². The second-order valence-corrected chi connectivity index (χ2v) is 7.09. The highest BCUT2D eigenvalue weighted by atomic mass is 16.5. The fraction of sp³-hybridized carbons (Fsp3) is 0.130. The van der Waals surface area contributed by atoms with Crippen molar-refractivity contribution < 1.29 is 14.3 Å². The Morgan fingerprint density at radius 2 is 1.59 bits per heavy atom. The molecule has 0 aliphatic carbocycles. The summed E-state index contributed by atoms with van der Waals surface area (Å²) in [6, 6.07) is 22.0. The van der Waals surface area contributed by atoms with E-state index >= 15 is 0 Å². The van der Waals surface area contributed by atoms with Crippen LogP contribution < -0.4 is 19.9 Å². The van der Waals surface area contributed by atoms with E-state index in [2.05, 4.69) is 5.32 Å². The van der Waals surface area contributed by atoms with Crippen molar-refractivity contribution in [3.8, 4) is 5.75 Å². The van der Waals surface area contributed by atoms with Crippen LogP contribution in [0.1, 0.15) is 15.9 Å². The first kappa shape index (κ1) is 17.3. The summed E-state index contributed by atoms with van der Waals surface area (Å²) >= 11 is 0. The molecule has 6 nitrogen and oxygen atoms in total. The maximum absolute atomic E-state index is 13.7. The summed E-state index contributed by atoms with van der Waals surface area (Å²) in [6.45, 7) is 0. The van der Waals surface area contributed by atoms with Crippen molar-refractivity contribution in [1.82, 2.24) is 0 Å². The van der Waals surface area contributed by atoms with Crippen molar-refractivity contribution >= 4 is 28.9 Å². The summed E-state index contributed by atoms with van der Waals surface area (Å²) in [5.74, 6) is 0.188. The molecule has 6 heteroatoms. The number of hydrogen-bond donors (Lipinski definition) is 1. The summed E-state index contributed by atoms with van der Waals surface area (Å²) in [4.78, 5) is 30.7. The molecule has 0 saturated heterocycles. The van der Waals surface area contributed by atoms with E-state index in [1.807, 2.05) is 54.4 Å². The molecule has 0 saturated carbocycles. The fourth-order valence-electron chi connectivity index (χ4n) is 4.36. The Balaban J connectivity index is 1.83. The first-order valence-corrected chi connectivity index (χ1v) is 9.31. The lowest BCUT2D eigenvalue weighted by atomic mass is 9.90. The minimum absolute atomic E-state index is 0.226. The Hall–Kier alpha value is -3.80. The van der Waals surface area contributed by atoms with Gasteiger partial charge in [-0.2, -0.15) is 0 Å². The quantitative estimate of drug-likeness (QED) is 0.732. The second-order valence-electron chi connectivity index (χ2n) is 7.09.